The van der Waals surface area contributed by atoms with E-state index in [4.69, 9.17) is 23.7 Å². The summed E-state index contributed by atoms with van der Waals surface area (Å²) in [6, 6.07) is 0. The third-order valence-electron chi connectivity index (χ3n) is 13.1. The third-order valence-corrected chi connectivity index (χ3v) is 13.1. The van der Waals surface area contributed by atoms with Crippen molar-refractivity contribution in [3.63, 3.8) is 0 Å². The van der Waals surface area contributed by atoms with Gasteiger partial charge in [-0.05, 0) is 89.0 Å². The minimum atomic E-state index is -1.76. The molecule has 1 amide bonds. The van der Waals surface area contributed by atoms with E-state index in [-0.39, 0.29) is 61.0 Å². The zero-order valence-electron chi connectivity index (χ0n) is 35.6. The molecule has 2 saturated heterocycles. The van der Waals surface area contributed by atoms with E-state index >= 15 is 0 Å². The van der Waals surface area contributed by atoms with Crippen LogP contribution in [0.4, 0.5) is 0 Å². The second-order valence-electron chi connectivity index (χ2n) is 17.7. The molecule has 4 rings (SSSR count). The number of ether oxygens (including phenoxy) is 5. The standard InChI is InChI=1S/C44H73NO11/c1-10-12-32-18-26(2)17-27(3)19-38(53-8)42-39(54-9)21-29(5)44(51,56-42)24-40(49)45-16-11-13-33(25-45)43(50)55-41(30(6)35(47)23-36(32)48)28(4)20-31-14-15-34(46)37(22-31)52-7/h18,20,27,29-35,37-39,41-42,46-47,51H,10-17,19,21-25H2,1-9H3. The van der Waals surface area contributed by atoms with Crippen LogP contribution in [-0.2, 0) is 38.1 Å². The molecule has 0 aromatic heterocycles. The minimum Gasteiger partial charge on any atom is -0.457 e. The molecule has 12 heteroatoms. The molecule has 3 aliphatic heterocycles. The van der Waals surface area contributed by atoms with Crippen molar-refractivity contribution in [1.29, 1.82) is 0 Å². The Morgan fingerprint density at radius 3 is 2.29 bits per heavy atom. The van der Waals surface area contributed by atoms with E-state index in [0.717, 1.165) is 24.0 Å². The summed E-state index contributed by atoms with van der Waals surface area (Å²) >= 11 is 0. The van der Waals surface area contributed by atoms with Crippen LogP contribution >= 0.6 is 0 Å². The van der Waals surface area contributed by atoms with Crippen LogP contribution in [0.2, 0.25) is 0 Å². The normalized spacial score (nSPS) is 40.6. The van der Waals surface area contributed by atoms with Gasteiger partial charge in [-0.2, -0.15) is 0 Å². The first-order valence-electron chi connectivity index (χ1n) is 21.2. The maximum Gasteiger partial charge on any atom is 0.311 e. The van der Waals surface area contributed by atoms with Gasteiger partial charge in [0, 0.05) is 58.6 Å². The zero-order chi connectivity index (χ0) is 41.3. The van der Waals surface area contributed by atoms with Crippen molar-refractivity contribution >= 4 is 17.7 Å². The van der Waals surface area contributed by atoms with Crippen molar-refractivity contribution < 1.29 is 53.4 Å². The van der Waals surface area contributed by atoms with E-state index in [1.165, 1.54) is 0 Å². The maximum absolute atomic E-state index is 14.1. The molecule has 4 aliphatic rings. The van der Waals surface area contributed by atoms with Gasteiger partial charge in [-0.3, -0.25) is 14.4 Å². The summed E-state index contributed by atoms with van der Waals surface area (Å²) in [5.41, 5.74) is 1.83. The van der Waals surface area contributed by atoms with E-state index in [9.17, 15) is 29.7 Å². The number of hydrogen-bond donors (Lipinski definition) is 3. The molecule has 3 N–H and O–H groups in total. The Morgan fingerprint density at radius 2 is 1.62 bits per heavy atom. The molecular weight excluding hydrogens is 718 g/mol. The van der Waals surface area contributed by atoms with Crippen molar-refractivity contribution in [2.75, 3.05) is 34.4 Å². The number of methoxy groups -OCH3 is 3. The lowest BCUT2D eigenvalue weighted by molar-refractivity contribution is -0.321. The Hall–Kier alpha value is -2.19. The average Bonchev–Trinajstić information content (AvgIpc) is 3.16. The average molecular weight is 792 g/mol. The fourth-order valence-corrected chi connectivity index (χ4v) is 9.63. The smallest absolute Gasteiger partial charge is 0.311 e. The number of amides is 1. The van der Waals surface area contributed by atoms with Gasteiger partial charge < -0.3 is 43.9 Å². The Morgan fingerprint density at radius 1 is 0.946 bits per heavy atom. The minimum absolute atomic E-state index is 0.0561. The summed E-state index contributed by atoms with van der Waals surface area (Å²) in [6.45, 7) is 12.4. The highest BCUT2D eigenvalue weighted by Gasteiger charge is 2.50. The van der Waals surface area contributed by atoms with E-state index in [0.29, 0.717) is 57.9 Å². The molecular formula is C44H73NO11. The number of rotatable bonds is 7. The number of carbonyl (C=O) groups excluding carboxylic acids is 3. The lowest BCUT2D eigenvalue weighted by atomic mass is 9.81. The van der Waals surface area contributed by atoms with Crippen molar-refractivity contribution in [3.8, 4) is 0 Å². The van der Waals surface area contributed by atoms with Gasteiger partial charge in [0.25, 0.3) is 0 Å². The Bertz CT molecular complexity index is 1370. The molecule has 3 heterocycles. The number of esters is 1. The summed E-state index contributed by atoms with van der Waals surface area (Å²) in [5.74, 6) is -4.38. The molecule has 1 saturated carbocycles. The lowest BCUT2D eigenvalue weighted by Gasteiger charge is -2.48. The molecule has 3 fully saturated rings. The highest BCUT2D eigenvalue weighted by Crippen LogP contribution is 2.40. The number of fused-ring (bicyclic) bond motifs is 4. The van der Waals surface area contributed by atoms with Gasteiger partial charge in [0.15, 0.2) is 5.79 Å². The van der Waals surface area contributed by atoms with Crippen molar-refractivity contribution in [3.05, 3.63) is 23.3 Å². The first-order valence-corrected chi connectivity index (χ1v) is 21.2. The zero-order valence-corrected chi connectivity index (χ0v) is 35.6. The molecule has 0 spiro atoms. The highest BCUT2D eigenvalue weighted by atomic mass is 16.7. The summed E-state index contributed by atoms with van der Waals surface area (Å²) in [7, 11) is 4.84. The number of aliphatic hydroxyl groups excluding tert-OH is 2. The summed E-state index contributed by atoms with van der Waals surface area (Å²) in [6.07, 6.45) is 5.88. The first kappa shape index (κ1) is 46.5. The van der Waals surface area contributed by atoms with Gasteiger partial charge in [0.05, 0.1) is 42.9 Å². The van der Waals surface area contributed by atoms with Crippen LogP contribution in [0, 0.1) is 35.5 Å². The van der Waals surface area contributed by atoms with Crippen molar-refractivity contribution in [1.82, 2.24) is 4.90 Å². The van der Waals surface area contributed by atoms with Gasteiger partial charge in [-0.15, -0.1) is 0 Å². The summed E-state index contributed by atoms with van der Waals surface area (Å²) in [4.78, 5) is 43.6. The predicted octanol–water partition coefficient (Wildman–Crippen LogP) is 5.54. The van der Waals surface area contributed by atoms with E-state index in [1.54, 1.807) is 26.2 Å². The monoisotopic (exact) mass is 792 g/mol. The van der Waals surface area contributed by atoms with Gasteiger partial charge in [0.2, 0.25) is 5.91 Å². The topological polar surface area (TPSA) is 161 Å². The van der Waals surface area contributed by atoms with Crippen LogP contribution in [-0.4, -0.2) is 121 Å². The number of ketones is 1. The van der Waals surface area contributed by atoms with Crippen molar-refractivity contribution in [2.45, 2.75) is 167 Å². The Labute approximate surface area is 335 Å². The predicted molar refractivity (Wildman–Crippen MR) is 212 cm³/mol. The molecule has 4 bridgehead atoms. The Balaban J connectivity index is 1.69. The fourth-order valence-electron chi connectivity index (χ4n) is 9.63. The number of aliphatic hydroxyl groups is 3. The van der Waals surface area contributed by atoms with Crippen LogP contribution in [0.1, 0.15) is 119 Å². The second kappa shape index (κ2) is 21.2. The van der Waals surface area contributed by atoms with Crippen LogP contribution in [0.25, 0.3) is 0 Å². The second-order valence-corrected chi connectivity index (χ2v) is 17.7. The quantitative estimate of drug-likeness (QED) is 0.219. The number of allylic oxidation sites excluding steroid dienone is 3. The SMILES string of the molecule is CCCC1C=C(C)CC(C)CC(OC)C2OC(O)(CC(=O)N3CCCC(C3)C(=O)OC(C(C)=CC3CCC(O)C(OC)C3)C(C)C(O)CC1=O)C(C)CC2OC. The van der Waals surface area contributed by atoms with Gasteiger partial charge >= 0.3 is 5.97 Å². The number of piperidine rings is 1. The molecule has 0 aromatic rings. The van der Waals surface area contributed by atoms with E-state index < -0.39 is 60.0 Å². The maximum atomic E-state index is 14.1. The number of Topliss-reactive ketones (excluding diaryl/α,β-unsaturated/α-hetero) is 1. The number of cyclic esters (lactones) is 1. The van der Waals surface area contributed by atoms with Gasteiger partial charge in [-0.25, -0.2) is 0 Å². The molecule has 0 radical (unpaired) electrons. The molecule has 1 aliphatic carbocycles. The van der Waals surface area contributed by atoms with E-state index in [1.807, 2.05) is 40.7 Å². The third kappa shape index (κ3) is 11.9. The summed E-state index contributed by atoms with van der Waals surface area (Å²) in [5, 5.41) is 34.1. The Kier molecular flexibility index (Phi) is 17.6. The van der Waals surface area contributed by atoms with Crippen LogP contribution in [0.15, 0.2) is 23.3 Å². The molecule has 14 atom stereocenters. The number of carbonyl (C=O) groups is 3. The highest BCUT2D eigenvalue weighted by molar-refractivity contribution is 5.83. The number of nitrogens with zero attached hydrogens (tertiary/aromatic N) is 1. The first-order chi connectivity index (χ1) is 26.5. The van der Waals surface area contributed by atoms with Crippen LogP contribution in [0.5, 0.6) is 0 Å². The lowest BCUT2D eigenvalue weighted by Crippen LogP contribution is -2.59. The molecule has 56 heavy (non-hydrogen) atoms. The summed E-state index contributed by atoms with van der Waals surface area (Å²) < 4.78 is 30.2. The van der Waals surface area contributed by atoms with Gasteiger partial charge in [0.1, 0.15) is 18.0 Å². The largest absolute Gasteiger partial charge is 0.457 e. The molecule has 14 unspecified atom stereocenters. The van der Waals surface area contributed by atoms with Crippen LogP contribution in [0.3, 0.4) is 0 Å². The van der Waals surface area contributed by atoms with E-state index in [2.05, 4.69) is 13.0 Å². The number of hydrogen-bond acceptors (Lipinski definition) is 11. The fraction of sp³-hybridized carbons (Fsp3) is 0.841. The van der Waals surface area contributed by atoms with Crippen molar-refractivity contribution in [2.24, 2.45) is 35.5 Å². The van der Waals surface area contributed by atoms with Crippen LogP contribution < -0.4 is 0 Å². The molecule has 320 valence electrons. The van der Waals surface area contributed by atoms with Gasteiger partial charge in [-0.1, -0.05) is 51.8 Å². The molecule has 0 aromatic carbocycles. The molecule has 12 nitrogen and oxygen atoms in total.